The van der Waals surface area contributed by atoms with E-state index >= 15 is 0 Å². The van der Waals surface area contributed by atoms with Crippen molar-refractivity contribution in [3.05, 3.63) is 27.8 Å². The lowest BCUT2D eigenvalue weighted by Crippen LogP contribution is -2.72. The second-order valence-electron chi connectivity index (χ2n) is 9.60. The molecule has 33 heavy (non-hydrogen) atoms. The summed E-state index contributed by atoms with van der Waals surface area (Å²) in [7, 11) is 2.83. The van der Waals surface area contributed by atoms with Gasteiger partial charge in [-0.3, -0.25) is 29.5 Å². The molecule has 1 aromatic rings. The van der Waals surface area contributed by atoms with Gasteiger partial charge in [-0.05, 0) is 44.6 Å². The molecular weight excluding hydrogens is 426 g/mol. The Morgan fingerprint density at radius 1 is 0.939 bits per heavy atom. The van der Waals surface area contributed by atoms with Crippen molar-refractivity contribution in [3.8, 4) is 0 Å². The van der Waals surface area contributed by atoms with Crippen molar-refractivity contribution in [2.75, 3.05) is 43.5 Å². The van der Waals surface area contributed by atoms with E-state index in [2.05, 4.69) is 9.80 Å². The first-order chi connectivity index (χ1) is 15.8. The molecule has 176 valence electrons. The van der Waals surface area contributed by atoms with Gasteiger partial charge in [-0.15, -0.1) is 0 Å². The van der Waals surface area contributed by atoms with Crippen molar-refractivity contribution < 1.29 is 19.3 Å². The Balaban J connectivity index is 1.75. The molecule has 4 aliphatic rings. The molecule has 1 aromatic carbocycles. The quantitative estimate of drug-likeness (QED) is 0.383. The molecule has 3 fully saturated rings. The van der Waals surface area contributed by atoms with Gasteiger partial charge in [0.1, 0.15) is 5.69 Å². The Morgan fingerprint density at radius 2 is 1.58 bits per heavy atom. The van der Waals surface area contributed by atoms with Crippen molar-refractivity contribution in [2.24, 2.45) is 5.41 Å². The lowest BCUT2D eigenvalue weighted by molar-refractivity contribution is -0.384. The molecule has 0 aromatic heterocycles. The number of amides is 4. The minimum Gasteiger partial charge on any atom is -0.367 e. The van der Waals surface area contributed by atoms with E-state index in [-0.39, 0.29) is 23.1 Å². The highest BCUT2D eigenvalue weighted by Crippen LogP contribution is 2.52. The maximum Gasteiger partial charge on any atom is 0.332 e. The topological polar surface area (TPSA) is 107 Å². The number of barbiturate groups is 1. The normalized spacial score (nSPS) is 24.8. The van der Waals surface area contributed by atoms with Gasteiger partial charge in [0.15, 0.2) is 5.41 Å². The largest absolute Gasteiger partial charge is 0.367 e. The standard InChI is InChI=1S/C23H29N5O5/c1-24-20(29)23(21(30)25(2)22(24)31)14-15-16(27-13-7-4-8-18(23)27)9-10-17(28(32)33)19(15)26-11-5-3-6-12-26/h9-10,18H,3-8,11-14H2,1-2H3. The van der Waals surface area contributed by atoms with Crippen molar-refractivity contribution >= 4 is 34.9 Å². The second-order valence-corrected chi connectivity index (χ2v) is 9.60. The Labute approximate surface area is 192 Å². The lowest BCUT2D eigenvalue weighted by atomic mass is 9.65. The van der Waals surface area contributed by atoms with Crippen LogP contribution in [0.4, 0.5) is 21.9 Å². The number of hydrogen-bond donors (Lipinski definition) is 0. The molecule has 0 radical (unpaired) electrons. The highest BCUT2D eigenvalue weighted by Gasteiger charge is 2.63. The fourth-order valence-corrected chi connectivity index (χ4v) is 6.33. The minimum absolute atomic E-state index is 0.00903. The number of nitro groups is 1. The molecule has 4 aliphatic heterocycles. The Kier molecular flexibility index (Phi) is 5.06. The number of carbonyl (C=O) groups excluding carboxylic acids is 3. The Hall–Kier alpha value is -3.17. The summed E-state index contributed by atoms with van der Waals surface area (Å²) in [5.74, 6) is -1.01. The van der Waals surface area contributed by atoms with E-state index in [0.29, 0.717) is 37.3 Å². The zero-order valence-electron chi connectivity index (χ0n) is 19.1. The summed E-state index contributed by atoms with van der Waals surface area (Å²) in [5, 5.41) is 12.0. The van der Waals surface area contributed by atoms with Gasteiger partial charge in [-0.1, -0.05) is 0 Å². The van der Waals surface area contributed by atoms with E-state index in [1.165, 1.54) is 14.1 Å². The minimum atomic E-state index is -1.47. The van der Waals surface area contributed by atoms with Crippen LogP contribution >= 0.6 is 0 Å². The summed E-state index contributed by atoms with van der Waals surface area (Å²) in [6.07, 6.45) is 5.47. The van der Waals surface area contributed by atoms with Crippen LogP contribution in [-0.4, -0.2) is 72.3 Å². The van der Waals surface area contributed by atoms with Crippen LogP contribution in [-0.2, 0) is 16.0 Å². The number of carbonyl (C=O) groups is 3. The van der Waals surface area contributed by atoms with Gasteiger partial charge in [0.2, 0.25) is 11.8 Å². The third-order valence-corrected chi connectivity index (χ3v) is 7.89. The van der Waals surface area contributed by atoms with E-state index in [9.17, 15) is 24.5 Å². The average Bonchev–Trinajstić information content (AvgIpc) is 2.84. The number of nitro benzene ring substituents is 1. The first kappa shape index (κ1) is 21.7. The molecule has 4 heterocycles. The maximum atomic E-state index is 13.7. The van der Waals surface area contributed by atoms with Gasteiger partial charge < -0.3 is 9.80 Å². The van der Waals surface area contributed by atoms with Crippen LogP contribution in [0.5, 0.6) is 0 Å². The van der Waals surface area contributed by atoms with Crippen LogP contribution < -0.4 is 9.80 Å². The van der Waals surface area contributed by atoms with Crippen molar-refractivity contribution in [2.45, 2.75) is 51.0 Å². The van der Waals surface area contributed by atoms with E-state index in [4.69, 9.17) is 0 Å². The summed E-state index contributed by atoms with van der Waals surface area (Å²) < 4.78 is 0. The third kappa shape index (κ3) is 2.95. The zero-order chi connectivity index (χ0) is 23.5. The van der Waals surface area contributed by atoms with Crippen molar-refractivity contribution in [1.82, 2.24) is 9.80 Å². The predicted molar refractivity (Wildman–Crippen MR) is 121 cm³/mol. The summed E-state index contributed by atoms with van der Waals surface area (Å²) >= 11 is 0. The molecule has 1 unspecified atom stereocenters. The monoisotopic (exact) mass is 455 g/mol. The molecule has 0 N–H and O–H groups in total. The van der Waals surface area contributed by atoms with Crippen LogP contribution in [0.1, 0.15) is 44.1 Å². The Bertz CT molecular complexity index is 1030. The smallest absolute Gasteiger partial charge is 0.332 e. The first-order valence-corrected chi connectivity index (χ1v) is 11.7. The predicted octanol–water partition coefficient (Wildman–Crippen LogP) is 2.54. The lowest BCUT2D eigenvalue weighted by Gasteiger charge is -2.55. The van der Waals surface area contributed by atoms with E-state index < -0.39 is 23.3 Å². The number of urea groups is 1. The molecule has 1 spiro atoms. The summed E-state index contributed by atoms with van der Waals surface area (Å²) in [6.45, 7) is 2.07. The van der Waals surface area contributed by atoms with Gasteiger partial charge in [0.05, 0.1) is 11.0 Å². The highest BCUT2D eigenvalue weighted by atomic mass is 16.6. The van der Waals surface area contributed by atoms with Crippen LogP contribution in [0, 0.1) is 15.5 Å². The van der Waals surface area contributed by atoms with Crippen LogP contribution in [0.25, 0.3) is 0 Å². The van der Waals surface area contributed by atoms with E-state index in [1.807, 2.05) is 0 Å². The van der Waals surface area contributed by atoms with Crippen LogP contribution in [0.15, 0.2) is 12.1 Å². The highest BCUT2D eigenvalue weighted by molar-refractivity contribution is 6.20. The van der Waals surface area contributed by atoms with Gasteiger partial charge >= 0.3 is 6.03 Å². The van der Waals surface area contributed by atoms with Gasteiger partial charge in [0, 0.05) is 57.5 Å². The molecule has 0 aliphatic carbocycles. The van der Waals surface area contributed by atoms with Crippen LogP contribution in [0.2, 0.25) is 0 Å². The average molecular weight is 456 g/mol. The molecule has 10 heteroatoms. The SMILES string of the molecule is CN1C(=O)N(C)C(=O)C2(Cc3c(ccc([N+](=O)[O-])c3N3CCCCC3)N3CCCCC32)C1=O. The van der Waals surface area contributed by atoms with Gasteiger partial charge in [-0.2, -0.15) is 0 Å². The fourth-order valence-electron chi connectivity index (χ4n) is 6.33. The summed E-state index contributed by atoms with van der Waals surface area (Å²) in [4.78, 5) is 57.9. The molecule has 10 nitrogen and oxygen atoms in total. The molecule has 0 bridgehead atoms. The number of hydrogen-bond acceptors (Lipinski definition) is 7. The molecule has 1 atom stereocenters. The number of nitrogens with zero attached hydrogens (tertiary/aromatic N) is 5. The van der Waals surface area contributed by atoms with Crippen molar-refractivity contribution in [3.63, 3.8) is 0 Å². The van der Waals surface area contributed by atoms with E-state index in [0.717, 1.165) is 47.6 Å². The third-order valence-electron chi connectivity index (χ3n) is 7.89. The van der Waals surface area contributed by atoms with Gasteiger partial charge in [-0.25, -0.2) is 4.79 Å². The Morgan fingerprint density at radius 3 is 2.21 bits per heavy atom. The fraction of sp³-hybridized carbons (Fsp3) is 0.609. The summed E-state index contributed by atoms with van der Waals surface area (Å²) in [6, 6.07) is 2.33. The van der Waals surface area contributed by atoms with Gasteiger partial charge in [0.25, 0.3) is 5.69 Å². The number of fused-ring (bicyclic) bond motifs is 4. The number of rotatable bonds is 2. The molecule has 0 saturated carbocycles. The number of imide groups is 2. The molecule has 3 saturated heterocycles. The molecular formula is C23H29N5O5. The maximum absolute atomic E-state index is 13.7. The number of benzene rings is 1. The van der Waals surface area contributed by atoms with E-state index in [1.54, 1.807) is 12.1 Å². The molecule has 5 rings (SSSR count). The second kappa shape index (κ2) is 7.71. The molecule has 4 amide bonds. The first-order valence-electron chi connectivity index (χ1n) is 11.7. The zero-order valence-corrected chi connectivity index (χ0v) is 19.1. The number of piperidine rings is 2. The number of anilines is 2. The van der Waals surface area contributed by atoms with Crippen LogP contribution in [0.3, 0.4) is 0 Å². The van der Waals surface area contributed by atoms with Crippen molar-refractivity contribution in [1.29, 1.82) is 0 Å². The summed E-state index contributed by atoms with van der Waals surface area (Å²) in [5.41, 5.74) is 0.629.